The van der Waals surface area contributed by atoms with Crippen LogP contribution in [0.5, 0.6) is 5.88 Å². The molecule has 0 radical (unpaired) electrons. The summed E-state index contributed by atoms with van der Waals surface area (Å²) in [4.78, 5) is 4.10. The number of halogens is 1. The SMILES string of the molecule is Cc1cnc(OCC(C)C)c(Cl)c1. The molecule has 0 N–H and O–H groups in total. The Kier molecular flexibility index (Phi) is 3.55. The number of nitrogens with zero attached hydrogens (tertiary/aromatic N) is 1. The average molecular weight is 200 g/mol. The van der Waals surface area contributed by atoms with Crippen LogP contribution in [0, 0.1) is 12.8 Å². The second-order valence-corrected chi connectivity index (χ2v) is 3.91. The molecular weight excluding hydrogens is 186 g/mol. The van der Waals surface area contributed by atoms with E-state index >= 15 is 0 Å². The molecule has 3 heteroatoms. The summed E-state index contributed by atoms with van der Waals surface area (Å²) in [5.41, 5.74) is 1.04. The highest BCUT2D eigenvalue weighted by Gasteiger charge is 2.03. The molecule has 72 valence electrons. The number of hydrogen-bond donors (Lipinski definition) is 0. The molecule has 1 rings (SSSR count). The van der Waals surface area contributed by atoms with E-state index in [4.69, 9.17) is 16.3 Å². The first-order valence-electron chi connectivity index (χ1n) is 4.34. The molecule has 0 unspecified atom stereocenters. The third-order valence-electron chi connectivity index (χ3n) is 1.50. The molecule has 0 atom stereocenters. The lowest BCUT2D eigenvalue weighted by molar-refractivity contribution is 0.261. The molecule has 1 aromatic heterocycles. The van der Waals surface area contributed by atoms with Gasteiger partial charge in [0, 0.05) is 6.20 Å². The van der Waals surface area contributed by atoms with Crippen LogP contribution in [0.3, 0.4) is 0 Å². The van der Waals surface area contributed by atoms with Gasteiger partial charge in [0.25, 0.3) is 0 Å². The third-order valence-corrected chi connectivity index (χ3v) is 1.77. The molecule has 0 aliphatic rings. The lowest BCUT2D eigenvalue weighted by atomic mass is 10.2. The van der Waals surface area contributed by atoms with Crippen molar-refractivity contribution >= 4 is 11.6 Å². The summed E-state index contributed by atoms with van der Waals surface area (Å²) in [6.45, 7) is 6.77. The molecule has 0 saturated heterocycles. The van der Waals surface area contributed by atoms with Crippen molar-refractivity contribution in [1.29, 1.82) is 0 Å². The van der Waals surface area contributed by atoms with Gasteiger partial charge in [-0.25, -0.2) is 4.98 Å². The summed E-state index contributed by atoms with van der Waals surface area (Å²) >= 11 is 5.93. The predicted octanol–water partition coefficient (Wildman–Crippen LogP) is 3.08. The normalized spacial score (nSPS) is 10.5. The molecule has 1 aromatic rings. The Morgan fingerprint density at radius 1 is 1.54 bits per heavy atom. The number of rotatable bonds is 3. The number of aryl methyl sites for hydroxylation is 1. The first-order valence-corrected chi connectivity index (χ1v) is 4.72. The molecule has 0 aliphatic carbocycles. The molecular formula is C10H14ClNO. The van der Waals surface area contributed by atoms with E-state index in [1.807, 2.05) is 13.0 Å². The van der Waals surface area contributed by atoms with Crippen LogP contribution in [0.1, 0.15) is 19.4 Å². The zero-order chi connectivity index (χ0) is 9.84. The molecule has 0 aromatic carbocycles. The van der Waals surface area contributed by atoms with Crippen LogP contribution >= 0.6 is 11.6 Å². The minimum Gasteiger partial charge on any atom is -0.476 e. The first-order chi connectivity index (χ1) is 6.09. The molecule has 2 nitrogen and oxygen atoms in total. The van der Waals surface area contributed by atoms with Crippen molar-refractivity contribution in [2.24, 2.45) is 5.92 Å². The molecule has 0 aliphatic heterocycles. The lowest BCUT2D eigenvalue weighted by Crippen LogP contribution is -2.05. The van der Waals surface area contributed by atoms with Crippen LogP contribution in [0.25, 0.3) is 0 Å². The van der Waals surface area contributed by atoms with Gasteiger partial charge in [-0.3, -0.25) is 0 Å². The van der Waals surface area contributed by atoms with E-state index in [0.29, 0.717) is 23.4 Å². The Labute approximate surface area is 83.9 Å². The Morgan fingerprint density at radius 2 is 2.23 bits per heavy atom. The number of pyridine rings is 1. The van der Waals surface area contributed by atoms with E-state index in [0.717, 1.165) is 5.56 Å². The fourth-order valence-electron chi connectivity index (χ4n) is 0.873. The highest BCUT2D eigenvalue weighted by Crippen LogP contribution is 2.22. The molecule has 0 saturated carbocycles. The maximum Gasteiger partial charge on any atom is 0.232 e. The monoisotopic (exact) mass is 199 g/mol. The summed E-state index contributed by atoms with van der Waals surface area (Å²) in [5.74, 6) is 1.01. The zero-order valence-corrected chi connectivity index (χ0v) is 8.93. The molecule has 1 heterocycles. The highest BCUT2D eigenvalue weighted by molar-refractivity contribution is 6.31. The van der Waals surface area contributed by atoms with E-state index in [1.165, 1.54) is 0 Å². The van der Waals surface area contributed by atoms with Crippen molar-refractivity contribution in [3.63, 3.8) is 0 Å². The molecule has 0 fully saturated rings. The van der Waals surface area contributed by atoms with E-state index in [9.17, 15) is 0 Å². The van der Waals surface area contributed by atoms with Crippen molar-refractivity contribution in [2.75, 3.05) is 6.61 Å². The van der Waals surface area contributed by atoms with Gasteiger partial charge in [-0.15, -0.1) is 0 Å². The molecule has 0 bridgehead atoms. The minimum atomic E-state index is 0.485. The Balaban J connectivity index is 2.67. The first kappa shape index (κ1) is 10.3. The number of aromatic nitrogens is 1. The summed E-state index contributed by atoms with van der Waals surface area (Å²) in [6.07, 6.45) is 1.75. The highest BCUT2D eigenvalue weighted by atomic mass is 35.5. The Bertz CT molecular complexity index is 286. The average Bonchev–Trinajstić information content (AvgIpc) is 2.02. The number of ether oxygens (including phenoxy) is 1. The van der Waals surface area contributed by atoms with Gasteiger partial charge in [-0.1, -0.05) is 25.4 Å². The topological polar surface area (TPSA) is 22.1 Å². The van der Waals surface area contributed by atoms with Crippen molar-refractivity contribution in [2.45, 2.75) is 20.8 Å². The van der Waals surface area contributed by atoms with Crippen LogP contribution in [0.15, 0.2) is 12.3 Å². The smallest absolute Gasteiger partial charge is 0.232 e. The van der Waals surface area contributed by atoms with Crippen molar-refractivity contribution < 1.29 is 4.74 Å². The van der Waals surface area contributed by atoms with Gasteiger partial charge in [0.15, 0.2) is 0 Å². The van der Waals surface area contributed by atoms with E-state index < -0.39 is 0 Å². The summed E-state index contributed by atoms with van der Waals surface area (Å²) in [5, 5.41) is 0.584. The quantitative estimate of drug-likeness (QED) is 0.747. The summed E-state index contributed by atoms with van der Waals surface area (Å²) in [6, 6.07) is 1.85. The van der Waals surface area contributed by atoms with E-state index in [-0.39, 0.29) is 0 Å². The Morgan fingerprint density at radius 3 is 2.77 bits per heavy atom. The van der Waals surface area contributed by atoms with Crippen LogP contribution in [-0.2, 0) is 0 Å². The Hall–Kier alpha value is -0.760. The molecule has 0 spiro atoms. The second kappa shape index (κ2) is 4.47. The third kappa shape index (κ3) is 3.23. The predicted molar refractivity (Wildman–Crippen MR) is 54.3 cm³/mol. The molecule has 13 heavy (non-hydrogen) atoms. The van der Waals surface area contributed by atoms with Gasteiger partial charge in [-0.2, -0.15) is 0 Å². The van der Waals surface area contributed by atoms with Gasteiger partial charge in [0.05, 0.1) is 6.61 Å². The van der Waals surface area contributed by atoms with Crippen LogP contribution in [0.4, 0.5) is 0 Å². The van der Waals surface area contributed by atoms with Crippen LogP contribution in [0.2, 0.25) is 5.02 Å². The second-order valence-electron chi connectivity index (χ2n) is 3.50. The van der Waals surface area contributed by atoms with Gasteiger partial charge in [0.2, 0.25) is 5.88 Å². The lowest BCUT2D eigenvalue weighted by Gasteiger charge is -2.08. The maximum atomic E-state index is 5.93. The zero-order valence-electron chi connectivity index (χ0n) is 8.17. The largest absolute Gasteiger partial charge is 0.476 e. The van der Waals surface area contributed by atoms with Crippen LogP contribution < -0.4 is 4.74 Å². The van der Waals surface area contributed by atoms with Gasteiger partial charge >= 0.3 is 0 Å². The van der Waals surface area contributed by atoms with Gasteiger partial charge < -0.3 is 4.74 Å². The summed E-state index contributed by atoms with van der Waals surface area (Å²) < 4.78 is 5.41. The standard InChI is InChI=1S/C10H14ClNO/c1-7(2)6-13-10-9(11)4-8(3)5-12-10/h4-5,7H,6H2,1-3H3. The van der Waals surface area contributed by atoms with Crippen molar-refractivity contribution in [3.05, 3.63) is 22.8 Å². The minimum absolute atomic E-state index is 0.485. The fraction of sp³-hybridized carbons (Fsp3) is 0.500. The number of hydrogen-bond acceptors (Lipinski definition) is 2. The van der Waals surface area contributed by atoms with Gasteiger partial charge in [0.1, 0.15) is 5.02 Å². The molecule has 0 amide bonds. The van der Waals surface area contributed by atoms with E-state index in [2.05, 4.69) is 18.8 Å². The van der Waals surface area contributed by atoms with Crippen molar-refractivity contribution in [1.82, 2.24) is 4.98 Å². The maximum absolute atomic E-state index is 5.93. The van der Waals surface area contributed by atoms with Crippen molar-refractivity contribution in [3.8, 4) is 5.88 Å². The van der Waals surface area contributed by atoms with E-state index in [1.54, 1.807) is 6.20 Å². The van der Waals surface area contributed by atoms with Gasteiger partial charge in [-0.05, 0) is 24.5 Å². The fourth-order valence-corrected chi connectivity index (χ4v) is 1.15. The summed E-state index contributed by atoms with van der Waals surface area (Å²) in [7, 11) is 0. The van der Waals surface area contributed by atoms with Crippen LogP contribution in [-0.4, -0.2) is 11.6 Å².